The van der Waals surface area contributed by atoms with Crippen molar-refractivity contribution in [1.82, 2.24) is 29.7 Å². The first kappa shape index (κ1) is 22.3. The van der Waals surface area contributed by atoms with Gasteiger partial charge in [-0.1, -0.05) is 25.4 Å². The van der Waals surface area contributed by atoms with Crippen molar-refractivity contribution < 1.29 is 9.32 Å². The van der Waals surface area contributed by atoms with E-state index in [0.29, 0.717) is 22.9 Å². The first-order chi connectivity index (χ1) is 15.9. The molecule has 33 heavy (non-hydrogen) atoms. The molecule has 2 aliphatic rings. The number of fused-ring (bicyclic) bond motifs is 1. The van der Waals surface area contributed by atoms with E-state index in [-0.39, 0.29) is 17.7 Å². The summed E-state index contributed by atoms with van der Waals surface area (Å²) in [6.07, 6.45) is 4.11. The fourth-order valence-electron chi connectivity index (χ4n) is 5.23. The minimum atomic E-state index is 0.187. The number of rotatable bonds is 4. The van der Waals surface area contributed by atoms with Crippen molar-refractivity contribution in [1.29, 1.82) is 0 Å². The van der Waals surface area contributed by atoms with Gasteiger partial charge in [-0.15, -0.1) is 0 Å². The van der Waals surface area contributed by atoms with Crippen LogP contribution in [0.1, 0.15) is 69.9 Å². The lowest BCUT2D eigenvalue weighted by molar-refractivity contribution is -0.130. The number of amides is 1. The van der Waals surface area contributed by atoms with E-state index in [9.17, 15) is 4.79 Å². The highest BCUT2D eigenvalue weighted by atomic mass is 35.5. The highest BCUT2D eigenvalue weighted by Gasteiger charge is 2.31. The van der Waals surface area contributed by atoms with Gasteiger partial charge in [0.2, 0.25) is 11.8 Å². The Kier molecular flexibility index (Phi) is 6.14. The Hall–Kier alpha value is -2.45. The Morgan fingerprint density at radius 2 is 1.85 bits per heavy atom. The van der Waals surface area contributed by atoms with Crippen LogP contribution in [0.3, 0.4) is 0 Å². The highest BCUT2D eigenvalue weighted by Crippen LogP contribution is 2.32. The Balaban J connectivity index is 1.28. The molecule has 5 rings (SSSR count). The Morgan fingerprint density at radius 1 is 1.12 bits per heavy atom. The quantitative estimate of drug-likeness (QED) is 0.563. The number of hydrogen-bond donors (Lipinski definition) is 0. The number of likely N-dealkylation sites (tertiary alicyclic amines) is 2. The maximum Gasteiger partial charge on any atom is 0.291 e. The molecule has 0 aliphatic carbocycles. The number of nitrogens with zero attached hydrogens (tertiary/aromatic N) is 6. The smallest absolute Gasteiger partial charge is 0.291 e. The van der Waals surface area contributed by atoms with Crippen LogP contribution in [-0.4, -0.2) is 67.8 Å². The second kappa shape index (κ2) is 9.06. The summed E-state index contributed by atoms with van der Waals surface area (Å²) >= 11 is 6.27. The molecule has 2 fully saturated rings. The first-order valence-electron chi connectivity index (χ1n) is 11.9. The second-order valence-electron chi connectivity index (χ2n) is 9.59. The summed E-state index contributed by atoms with van der Waals surface area (Å²) in [7, 11) is 0. The SMILES string of the molecule is CC(=O)N1CCC(N2CCC(c3nc(-n4nc(C(C)C)c5ccc(Cl)cc54)no3)CC2)CC1. The topological polar surface area (TPSA) is 80.3 Å². The molecule has 3 aromatic rings. The van der Waals surface area contributed by atoms with Crippen LogP contribution in [0.4, 0.5) is 0 Å². The molecule has 4 heterocycles. The molecule has 1 aromatic carbocycles. The number of hydrogen-bond acceptors (Lipinski definition) is 6. The van der Waals surface area contributed by atoms with E-state index < -0.39 is 0 Å². The summed E-state index contributed by atoms with van der Waals surface area (Å²) < 4.78 is 7.46. The zero-order chi connectivity index (χ0) is 23.1. The van der Waals surface area contributed by atoms with Crippen molar-refractivity contribution in [3.8, 4) is 5.95 Å². The van der Waals surface area contributed by atoms with Crippen LogP contribution in [-0.2, 0) is 4.79 Å². The molecule has 0 radical (unpaired) electrons. The second-order valence-corrected chi connectivity index (χ2v) is 10.0. The van der Waals surface area contributed by atoms with Crippen molar-refractivity contribution in [2.75, 3.05) is 26.2 Å². The average molecular weight is 471 g/mol. The molecule has 0 saturated carbocycles. The molecule has 9 heteroatoms. The lowest BCUT2D eigenvalue weighted by atomic mass is 9.93. The molecule has 2 saturated heterocycles. The molecule has 0 atom stereocenters. The Labute approximate surface area is 198 Å². The van der Waals surface area contributed by atoms with E-state index in [0.717, 1.165) is 68.5 Å². The normalized spacial score (nSPS) is 19.1. The van der Waals surface area contributed by atoms with E-state index in [1.165, 1.54) is 0 Å². The Bertz CT molecular complexity index is 1140. The van der Waals surface area contributed by atoms with Gasteiger partial charge >= 0.3 is 0 Å². The largest absolute Gasteiger partial charge is 0.343 e. The van der Waals surface area contributed by atoms with Crippen molar-refractivity contribution in [3.63, 3.8) is 0 Å². The third kappa shape index (κ3) is 4.38. The van der Waals surface area contributed by atoms with Gasteiger partial charge in [-0.2, -0.15) is 14.8 Å². The molecule has 2 aromatic heterocycles. The fourth-order valence-corrected chi connectivity index (χ4v) is 5.39. The van der Waals surface area contributed by atoms with Crippen LogP contribution in [0.15, 0.2) is 22.7 Å². The van der Waals surface area contributed by atoms with Crippen molar-refractivity contribution >= 4 is 28.4 Å². The molecule has 8 nitrogen and oxygen atoms in total. The highest BCUT2D eigenvalue weighted by molar-refractivity contribution is 6.31. The van der Waals surface area contributed by atoms with Gasteiger partial charge in [-0.25, -0.2) is 0 Å². The number of carbonyl (C=O) groups is 1. The van der Waals surface area contributed by atoms with Crippen molar-refractivity contribution in [2.24, 2.45) is 0 Å². The summed E-state index contributed by atoms with van der Waals surface area (Å²) in [6, 6.07) is 6.37. The molecule has 1 amide bonds. The molecular formula is C24H31ClN6O2. The van der Waals surface area contributed by atoms with Crippen LogP contribution in [0.2, 0.25) is 5.02 Å². The van der Waals surface area contributed by atoms with Crippen LogP contribution in [0.25, 0.3) is 16.9 Å². The van der Waals surface area contributed by atoms with Gasteiger partial charge in [0.25, 0.3) is 5.95 Å². The van der Waals surface area contributed by atoms with E-state index in [1.54, 1.807) is 11.6 Å². The average Bonchev–Trinajstić information content (AvgIpc) is 3.44. The standard InChI is InChI=1S/C24H31ClN6O2/c1-15(2)22-20-5-4-18(25)14-21(20)31(27-22)24-26-23(33-28-24)17-6-10-30(11-7-17)19-8-12-29(13-9-19)16(3)32/h4-5,14-15,17,19H,6-13H2,1-3H3. The van der Waals surface area contributed by atoms with Crippen LogP contribution in [0, 0.1) is 0 Å². The predicted octanol–water partition coefficient (Wildman–Crippen LogP) is 4.38. The molecule has 0 unspecified atom stereocenters. The van der Waals surface area contributed by atoms with E-state index >= 15 is 0 Å². The van der Waals surface area contributed by atoms with Gasteiger partial charge in [0.15, 0.2) is 0 Å². The molecule has 2 aliphatic heterocycles. The van der Waals surface area contributed by atoms with E-state index in [4.69, 9.17) is 26.2 Å². The van der Waals surface area contributed by atoms with Crippen LogP contribution >= 0.6 is 11.6 Å². The minimum Gasteiger partial charge on any atom is -0.343 e. The predicted molar refractivity (Wildman–Crippen MR) is 127 cm³/mol. The van der Waals surface area contributed by atoms with Crippen molar-refractivity contribution in [3.05, 3.63) is 34.8 Å². The zero-order valence-corrected chi connectivity index (χ0v) is 20.3. The van der Waals surface area contributed by atoms with E-state index in [1.807, 2.05) is 23.1 Å². The van der Waals surface area contributed by atoms with Crippen molar-refractivity contribution in [2.45, 2.75) is 64.3 Å². The third-order valence-corrected chi connectivity index (χ3v) is 7.38. The lowest BCUT2D eigenvalue weighted by Crippen LogP contribution is -2.48. The van der Waals surface area contributed by atoms with Gasteiger partial charge in [-0.05, 0) is 68.0 Å². The summed E-state index contributed by atoms with van der Waals surface area (Å²) in [5, 5.41) is 10.8. The number of carbonyl (C=O) groups excluding carboxylic acids is 1. The van der Waals surface area contributed by atoms with Gasteiger partial charge in [0.05, 0.1) is 11.2 Å². The number of benzene rings is 1. The minimum absolute atomic E-state index is 0.187. The van der Waals surface area contributed by atoms with Gasteiger partial charge in [0, 0.05) is 42.4 Å². The summed E-state index contributed by atoms with van der Waals surface area (Å²) in [6.45, 7) is 9.69. The Morgan fingerprint density at radius 3 is 2.52 bits per heavy atom. The zero-order valence-electron chi connectivity index (χ0n) is 19.5. The van der Waals surface area contributed by atoms with Gasteiger partial charge in [0.1, 0.15) is 0 Å². The van der Waals surface area contributed by atoms with Gasteiger partial charge < -0.3 is 14.3 Å². The molecule has 176 valence electrons. The monoisotopic (exact) mass is 470 g/mol. The number of aromatic nitrogens is 4. The van der Waals surface area contributed by atoms with Gasteiger partial charge in [-0.3, -0.25) is 4.79 Å². The molecular weight excluding hydrogens is 440 g/mol. The van der Waals surface area contributed by atoms with E-state index in [2.05, 4.69) is 23.9 Å². The summed E-state index contributed by atoms with van der Waals surface area (Å²) in [5.74, 6) is 1.87. The molecule has 0 spiro atoms. The fraction of sp³-hybridized carbons (Fsp3) is 0.583. The number of halogens is 1. The summed E-state index contributed by atoms with van der Waals surface area (Å²) in [5.41, 5.74) is 1.89. The first-order valence-corrected chi connectivity index (χ1v) is 12.3. The van der Waals surface area contributed by atoms with Crippen LogP contribution in [0.5, 0.6) is 0 Å². The number of piperidine rings is 2. The third-order valence-electron chi connectivity index (χ3n) is 7.14. The lowest BCUT2D eigenvalue weighted by Gasteiger charge is -2.41. The molecule has 0 N–H and O–H groups in total. The maximum atomic E-state index is 11.6. The maximum absolute atomic E-state index is 11.6. The summed E-state index contributed by atoms with van der Waals surface area (Å²) in [4.78, 5) is 20.9. The van der Waals surface area contributed by atoms with Crippen LogP contribution < -0.4 is 0 Å². The molecule has 0 bridgehead atoms.